The molecule has 1 aliphatic rings. The molecular formula is C8H6ClLiS3. The van der Waals surface area contributed by atoms with Crippen LogP contribution in [0.3, 0.4) is 0 Å². The number of hydrogen-bond acceptors (Lipinski definition) is 3. The van der Waals surface area contributed by atoms with Crippen molar-refractivity contribution in [2.24, 2.45) is 0 Å². The van der Waals surface area contributed by atoms with E-state index in [2.05, 4.69) is 12.3 Å². The van der Waals surface area contributed by atoms with E-state index in [4.69, 9.17) is 11.6 Å². The average Bonchev–Trinajstić information content (AvgIpc) is 2.46. The van der Waals surface area contributed by atoms with Crippen molar-refractivity contribution < 1.29 is 18.9 Å². The largest absolute Gasteiger partial charge is 1.00 e. The molecule has 0 saturated heterocycles. The Bertz CT molecular complexity index is 305. The molecule has 2 rings (SSSR count). The fourth-order valence-electron chi connectivity index (χ4n) is 0.930. The summed E-state index contributed by atoms with van der Waals surface area (Å²) in [7, 11) is 0. The van der Waals surface area contributed by atoms with Crippen LogP contribution in [-0.4, -0.2) is 6.26 Å². The zero-order chi connectivity index (χ0) is 8.55. The molecule has 0 aromatic heterocycles. The van der Waals surface area contributed by atoms with Gasteiger partial charge in [0.2, 0.25) is 0 Å². The van der Waals surface area contributed by atoms with E-state index in [-0.39, 0.29) is 18.9 Å². The van der Waals surface area contributed by atoms with Crippen molar-refractivity contribution in [3.05, 3.63) is 27.1 Å². The molecule has 0 spiro atoms. The van der Waals surface area contributed by atoms with Crippen LogP contribution in [0.15, 0.2) is 28.0 Å². The predicted molar refractivity (Wildman–Crippen MR) is 59.9 cm³/mol. The number of benzene rings is 1. The van der Waals surface area contributed by atoms with Gasteiger partial charge in [-0.1, -0.05) is 11.6 Å². The first-order valence-electron chi connectivity index (χ1n) is 3.36. The molecule has 64 valence electrons. The summed E-state index contributed by atoms with van der Waals surface area (Å²) in [5, 5.41) is 0.823. The minimum Gasteiger partial charge on any atom is -0.329 e. The molecule has 0 aliphatic carbocycles. The first-order valence-corrected chi connectivity index (χ1v) is 6.59. The Morgan fingerprint density at radius 2 is 2.00 bits per heavy atom. The van der Waals surface area contributed by atoms with Crippen molar-refractivity contribution in [3.8, 4) is 0 Å². The topological polar surface area (TPSA) is 0 Å². The van der Waals surface area contributed by atoms with Crippen LogP contribution in [0.5, 0.6) is 0 Å². The average molecular weight is 241 g/mol. The van der Waals surface area contributed by atoms with Gasteiger partial charge in [-0.15, -0.1) is 3.91 Å². The summed E-state index contributed by atoms with van der Waals surface area (Å²) in [5.74, 6) is 0. The minimum atomic E-state index is 0. The van der Waals surface area contributed by atoms with Crippen molar-refractivity contribution >= 4 is 46.9 Å². The second-order valence-corrected chi connectivity index (χ2v) is 6.38. The summed E-state index contributed by atoms with van der Waals surface area (Å²) in [5.41, 5.74) is 0. The summed E-state index contributed by atoms with van der Waals surface area (Å²) < 4.78 is 1.38. The van der Waals surface area contributed by atoms with E-state index in [9.17, 15) is 0 Å². The maximum Gasteiger partial charge on any atom is 1.00 e. The number of thioether (sulfide) groups is 3. The normalized spacial score (nSPS) is 15.2. The van der Waals surface area contributed by atoms with Gasteiger partial charge in [-0.3, -0.25) is 23.5 Å². The van der Waals surface area contributed by atoms with Crippen molar-refractivity contribution in [1.29, 1.82) is 0 Å². The van der Waals surface area contributed by atoms with E-state index in [1.807, 2.05) is 35.7 Å². The zero-order valence-electron chi connectivity index (χ0n) is 7.33. The molecule has 0 N–H and O–H groups in total. The monoisotopic (exact) mass is 240 g/mol. The van der Waals surface area contributed by atoms with E-state index in [1.54, 1.807) is 11.8 Å². The van der Waals surface area contributed by atoms with Crippen LogP contribution >= 0.6 is 46.9 Å². The van der Waals surface area contributed by atoms with Crippen molar-refractivity contribution in [1.82, 2.24) is 0 Å². The van der Waals surface area contributed by atoms with Crippen LogP contribution in [0, 0.1) is 3.91 Å². The van der Waals surface area contributed by atoms with E-state index in [0.717, 1.165) is 5.02 Å². The molecule has 1 aromatic rings. The van der Waals surface area contributed by atoms with Gasteiger partial charge < -0.3 is 11.8 Å². The van der Waals surface area contributed by atoms with Gasteiger partial charge in [0, 0.05) is 5.02 Å². The quantitative estimate of drug-likeness (QED) is 0.537. The first kappa shape index (κ1) is 12.2. The van der Waals surface area contributed by atoms with Gasteiger partial charge in [0.25, 0.3) is 0 Å². The van der Waals surface area contributed by atoms with E-state index < -0.39 is 0 Å². The predicted octanol–water partition coefficient (Wildman–Crippen LogP) is 1.35. The number of halogens is 1. The van der Waals surface area contributed by atoms with Crippen molar-refractivity contribution in [2.45, 2.75) is 9.79 Å². The number of hydrogen-bond donors (Lipinski definition) is 0. The third-order valence-electron chi connectivity index (χ3n) is 1.46. The molecular weight excluding hydrogens is 235 g/mol. The molecule has 5 heteroatoms. The molecule has 0 unspecified atom stereocenters. The zero-order valence-corrected chi connectivity index (χ0v) is 10.5. The Labute approximate surface area is 108 Å². The Balaban J connectivity index is 0.000000845. The Morgan fingerprint density at radius 3 is 2.69 bits per heavy atom. The third-order valence-corrected chi connectivity index (χ3v) is 5.62. The molecule has 1 aromatic carbocycles. The number of rotatable bonds is 1. The van der Waals surface area contributed by atoms with Gasteiger partial charge in [-0.25, -0.2) is 0 Å². The standard InChI is InChI=1S/C8H6ClS3.Li/c1-10-8-11-6-3-2-5(9)4-7(6)12-8;/h2-4H,1H3;/q-1;+1. The maximum absolute atomic E-state index is 5.88. The van der Waals surface area contributed by atoms with Crippen LogP contribution in [0.1, 0.15) is 0 Å². The van der Waals surface area contributed by atoms with E-state index in [1.165, 1.54) is 13.7 Å². The molecule has 0 amide bonds. The summed E-state index contributed by atoms with van der Waals surface area (Å²) in [6.07, 6.45) is 2.10. The van der Waals surface area contributed by atoms with Gasteiger partial charge >= 0.3 is 18.9 Å². The van der Waals surface area contributed by atoms with Crippen molar-refractivity contribution in [2.75, 3.05) is 6.26 Å². The SMILES string of the molecule is CS[C-]1Sc2ccc(Cl)cc2S1.[Li+]. The van der Waals surface area contributed by atoms with Crippen LogP contribution in [-0.2, 0) is 0 Å². The summed E-state index contributed by atoms with van der Waals surface area (Å²) in [4.78, 5) is 2.62. The Hall–Kier alpha value is 1.16. The molecule has 0 fully saturated rings. The fourth-order valence-corrected chi connectivity index (χ4v) is 4.34. The maximum atomic E-state index is 5.88. The van der Waals surface area contributed by atoms with Gasteiger partial charge in [0.05, 0.1) is 0 Å². The molecule has 0 nitrogen and oxygen atoms in total. The van der Waals surface area contributed by atoms with Crippen molar-refractivity contribution in [3.63, 3.8) is 0 Å². The third kappa shape index (κ3) is 2.81. The Morgan fingerprint density at radius 1 is 1.31 bits per heavy atom. The van der Waals surface area contributed by atoms with Crippen LogP contribution in [0.25, 0.3) is 0 Å². The second-order valence-electron chi connectivity index (χ2n) is 2.25. The van der Waals surface area contributed by atoms with Gasteiger partial charge in [0.15, 0.2) is 0 Å². The van der Waals surface area contributed by atoms with Gasteiger partial charge in [-0.05, 0) is 34.2 Å². The van der Waals surface area contributed by atoms with Crippen LogP contribution < -0.4 is 18.9 Å². The second kappa shape index (κ2) is 5.30. The number of fused-ring (bicyclic) bond motifs is 1. The molecule has 0 atom stereocenters. The Kier molecular flexibility index (Phi) is 4.98. The molecule has 0 bridgehead atoms. The first-order chi connectivity index (χ1) is 5.79. The smallest absolute Gasteiger partial charge is 0.329 e. The van der Waals surface area contributed by atoms with Crippen LogP contribution in [0.4, 0.5) is 0 Å². The fraction of sp³-hybridized carbons (Fsp3) is 0.125. The summed E-state index contributed by atoms with van der Waals surface area (Å²) in [6, 6.07) is 6.05. The molecule has 1 heterocycles. The van der Waals surface area contributed by atoms with Gasteiger partial charge in [0.1, 0.15) is 0 Å². The van der Waals surface area contributed by atoms with Crippen LogP contribution in [0.2, 0.25) is 5.02 Å². The molecule has 1 aliphatic heterocycles. The summed E-state index contributed by atoms with van der Waals surface area (Å²) in [6.45, 7) is 0. The molecule has 13 heavy (non-hydrogen) atoms. The van der Waals surface area contributed by atoms with E-state index >= 15 is 0 Å². The van der Waals surface area contributed by atoms with Gasteiger partial charge in [-0.2, -0.15) is 0 Å². The molecule has 0 radical (unpaired) electrons. The van der Waals surface area contributed by atoms with E-state index in [0.29, 0.717) is 0 Å². The molecule has 0 saturated carbocycles. The minimum absolute atomic E-state index is 0. The summed E-state index contributed by atoms with van der Waals surface area (Å²) >= 11 is 11.3.